The number of amides is 1. The first-order valence-electron chi connectivity index (χ1n) is 11.7. The third-order valence-electron chi connectivity index (χ3n) is 6.68. The molecule has 2 aliphatic rings. The van der Waals surface area contributed by atoms with E-state index in [1.54, 1.807) is 6.26 Å². The molecule has 0 spiro atoms. The average Bonchev–Trinajstić information content (AvgIpc) is 3.40. The Hall–Kier alpha value is -2.02. The molecule has 1 amide bonds. The van der Waals surface area contributed by atoms with E-state index in [1.807, 2.05) is 23.6 Å². The molecule has 6 nitrogen and oxygen atoms in total. The topological polar surface area (TPSA) is 64.2 Å². The van der Waals surface area contributed by atoms with E-state index in [0.717, 1.165) is 48.0 Å². The molecule has 0 atom stereocenters. The van der Waals surface area contributed by atoms with Crippen molar-refractivity contribution in [3.05, 3.63) is 30.7 Å². The van der Waals surface area contributed by atoms with Gasteiger partial charge in [-0.1, -0.05) is 56.4 Å². The van der Waals surface area contributed by atoms with Crippen molar-refractivity contribution >= 4 is 17.7 Å². The first-order valence-corrected chi connectivity index (χ1v) is 12.7. The molecule has 2 aromatic heterocycles. The summed E-state index contributed by atoms with van der Waals surface area (Å²) in [5, 5.41) is 9.56. The second-order valence-corrected chi connectivity index (χ2v) is 9.71. The quantitative estimate of drug-likeness (QED) is 0.392. The molecule has 0 saturated heterocycles. The van der Waals surface area contributed by atoms with Gasteiger partial charge in [-0.3, -0.25) is 9.36 Å². The highest BCUT2D eigenvalue weighted by Crippen LogP contribution is 2.32. The van der Waals surface area contributed by atoms with Crippen LogP contribution in [0.15, 0.2) is 34.6 Å². The van der Waals surface area contributed by atoms with Crippen LogP contribution in [0.25, 0.3) is 11.4 Å². The van der Waals surface area contributed by atoms with Gasteiger partial charge in [0.25, 0.3) is 0 Å². The van der Waals surface area contributed by atoms with Crippen molar-refractivity contribution in [2.45, 2.75) is 94.9 Å². The second kappa shape index (κ2) is 10.5. The Bertz CT molecular complexity index is 860. The number of hydrogen-bond donors (Lipinski definition) is 0. The lowest BCUT2D eigenvalue weighted by Crippen LogP contribution is -2.49. The Morgan fingerprint density at radius 2 is 1.81 bits per heavy atom. The summed E-state index contributed by atoms with van der Waals surface area (Å²) in [6.45, 7) is 6.40. The van der Waals surface area contributed by atoms with Gasteiger partial charge in [0.05, 0.1) is 17.6 Å². The number of thioether (sulfide) groups is 1. The number of carbonyl (C=O) groups is 1. The number of furan rings is 1. The summed E-state index contributed by atoms with van der Waals surface area (Å²) >= 11 is 1.50. The number of aromatic nitrogens is 3. The second-order valence-electron chi connectivity index (χ2n) is 8.77. The Morgan fingerprint density at radius 1 is 1.16 bits per heavy atom. The van der Waals surface area contributed by atoms with E-state index in [2.05, 4.69) is 21.7 Å². The smallest absolute Gasteiger partial charge is 0.233 e. The highest BCUT2D eigenvalue weighted by atomic mass is 32.2. The molecular formula is C24H34N4O2S. The van der Waals surface area contributed by atoms with Gasteiger partial charge in [0.15, 0.2) is 11.0 Å². The molecule has 7 heteroatoms. The van der Waals surface area contributed by atoms with E-state index < -0.39 is 0 Å². The van der Waals surface area contributed by atoms with E-state index in [4.69, 9.17) is 4.42 Å². The Morgan fingerprint density at radius 3 is 2.35 bits per heavy atom. The zero-order valence-corrected chi connectivity index (χ0v) is 19.4. The first-order chi connectivity index (χ1) is 15.2. The van der Waals surface area contributed by atoms with Crippen molar-refractivity contribution < 1.29 is 9.21 Å². The van der Waals surface area contributed by atoms with Gasteiger partial charge in [0.2, 0.25) is 5.91 Å². The third-order valence-corrected chi connectivity index (χ3v) is 7.63. The van der Waals surface area contributed by atoms with Crippen molar-refractivity contribution in [2.24, 2.45) is 0 Å². The fraction of sp³-hybridized carbons (Fsp3) is 0.625. The van der Waals surface area contributed by atoms with Gasteiger partial charge in [-0.15, -0.1) is 16.8 Å². The Balaban J connectivity index is 1.50. The molecular weight excluding hydrogens is 408 g/mol. The van der Waals surface area contributed by atoms with E-state index in [-0.39, 0.29) is 5.91 Å². The SMILES string of the molecule is C=CCn1c(SCC(=O)N(C2CCCCC2)C2CCCCC2)nnc1-c1ccoc1C. The molecule has 0 radical (unpaired) electrons. The van der Waals surface area contributed by atoms with Gasteiger partial charge < -0.3 is 9.32 Å². The molecule has 0 aromatic carbocycles. The molecule has 2 aromatic rings. The van der Waals surface area contributed by atoms with Gasteiger partial charge in [-0.2, -0.15) is 0 Å². The van der Waals surface area contributed by atoms with Gasteiger partial charge >= 0.3 is 0 Å². The molecule has 0 N–H and O–H groups in total. The van der Waals surface area contributed by atoms with Crippen LogP contribution in [-0.4, -0.2) is 43.4 Å². The molecule has 2 heterocycles. The zero-order valence-electron chi connectivity index (χ0n) is 18.6. The van der Waals surface area contributed by atoms with Gasteiger partial charge in [0.1, 0.15) is 5.76 Å². The summed E-state index contributed by atoms with van der Waals surface area (Å²) in [5.41, 5.74) is 0.929. The van der Waals surface area contributed by atoms with Gasteiger partial charge in [-0.25, -0.2) is 0 Å². The molecule has 2 fully saturated rings. The maximum atomic E-state index is 13.5. The summed E-state index contributed by atoms with van der Waals surface area (Å²) in [7, 11) is 0. The van der Waals surface area contributed by atoms with E-state index >= 15 is 0 Å². The standard InChI is InChI=1S/C24H34N4O2S/c1-3-15-27-23(21-14-16-30-18(21)2)25-26-24(27)31-17-22(29)28(19-10-6-4-7-11-19)20-12-8-5-9-13-20/h3,14,16,19-20H,1,4-13,15,17H2,2H3. The van der Waals surface area contributed by atoms with Crippen LogP contribution in [0.3, 0.4) is 0 Å². The monoisotopic (exact) mass is 442 g/mol. The lowest BCUT2D eigenvalue weighted by atomic mass is 9.88. The van der Waals surface area contributed by atoms with Crippen LogP contribution in [0.2, 0.25) is 0 Å². The minimum atomic E-state index is 0.262. The predicted molar refractivity (Wildman–Crippen MR) is 124 cm³/mol. The molecule has 31 heavy (non-hydrogen) atoms. The van der Waals surface area contributed by atoms with Crippen molar-refractivity contribution in [1.82, 2.24) is 19.7 Å². The van der Waals surface area contributed by atoms with Crippen LogP contribution in [0, 0.1) is 6.92 Å². The minimum absolute atomic E-state index is 0.262. The Kier molecular flexibility index (Phi) is 7.54. The number of rotatable bonds is 8. The molecule has 2 aliphatic carbocycles. The number of aryl methyl sites for hydroxylation is 1. The average molecular weight is 443 g/mol. The van der Waals surface area contributed by atoms with Gasteiger partial charge in [0, 0.05) is 18.6 Å². The maximum absolute atomic E-state index is 13.5. The summed E-state index contributed by atoms with van der Waals surface area (Å²) in [6, 6.07) is 2.74. The van der Waals surface area contributed by atoms with E-state index in [9.17, 15) is 4.79 Å². The minimum Gasteiger partial charge on any atom is -0.469 e. The largest absolute Gasteiger partial charge is 0.469 e. The highest BCUT2D eigenvalue weighted by Gasteiger charge is 2.32. The molecule has 0 aliphatic heterocycles. The normalized spacial score (nSPS) is 18.2. The van der Waals surface area contributed by atoms with Crippen LogP contribution in [0.1, 0.15) is 70.0 Å². The Labute approximate surface area is 189 Å². The zero-order chi connectivity index (χ0) is 21.6. The summed E-state index contributed by atoms with van der Waals surface area (Å²) in [4.78, 5) is 15.8. The van der Waals surface area contributed by atoms with Crippen LogP contribution in [0.5, 0.6) is 0 Å². The third kappa shape index (κ3) is 5.08. The number of hydrogen-bond acceptors (Lipinski definition) is 5. The number of nitrogens with zero attached hydrogens (tertiary/aromatic N) is 4. The maximum Gasteiger partial charge on any atom is 0.233 e. The van der Waals surface area contributed by atoms with Crippen molar-refractivity contribution in [1.29, 1.82) is 0 Å². The van der Waals surface area contributed by atoms with Crippen LogP contribution >= 0.6 is 11.8 Å². The van der Waals surface area contributed by atoms with Crippen molar-refractivity contribution in [2.75, 3.05) is 5.75 Å². The first kappa shape index (κ1) is 22.2. The summed E-state index contributed by atoms with van der Waals surface area (Å²) < 4.78 is 7.47. The fourth-order valence-corrected chi connectivity index (χ4v) is 5.95. The van der Waals surface area contributed by atoms with E-state index in [1.165, 1.54) is 50.3 Å². The van der Waals surface area contributed by atoms with Crippen LogP contribution < -0.4 is 0 Å². The highest BCUT2D eigenvalue weighted by molar-refractivity contribution is 7.99. The van der Waals surface area contributed by atoms with E-state index in [0.29, 0.717) is 24.4 Å². The molecule has 2 saturated carbocycles. The van der Waals surface area contributed by atoms with Crippen molar-refractivity contribution in [3.63, 3.8) is 0 Å². The number of allylic oxidation sites excluding steroid dienone is 1. The van der Waals surface area contributed by atoms with Crippen LogP contribution in [0.4, 0.5) is 0 Å². The molecule has 4 rings (SSSR count). The fourth-order valence-electron chi connectivity index (χ4n) is 5.13. The van der Waals surface area contributed by atoms with Crippen molar-refractivity contribution in [3.8, 4) is 11.4 Å². The van der Waals surface area contributed by atoms with Crippen LogP contribution in [-0.2, 0) is 11.3 Å². The predicted octanol–water partition coefficient (Wildman–Crippen LogP) is 5.62. The lowest BCUT2D eigenvalue weighted by Gasteiger charge is -2.41. The molecule has 0 bridgehead atoms. The molecule has 168 valence electrons. The van der Waals surface area contributed by atoms with Gasteiger partial charge in [-0.05, 0) is 38.7 Å². The summed E-state index contributed by atoms with van der Waals surface area (Å²) in [6.07, 6.45) is 15.7. The lowest BCUT2D eigenvalue weighted by molar-refractivity contribution is -0.135. The molecule has 0 unspecified atom stereocenters. The summed E-state index contributed by atoms with van der Waals surface area (Å²) in [5.74, 6) is 2.24. The number of carbonyl (C=O) groups excluding carboxylic acids is 1.